The number of Topliss-reactive ketones (excluding diaryl/α,β-unsaturated/α-hetero) is 1. The number of hydrogen-bond acceptors (Lipinski definition) is 4. The zero-order chi connectivity index (χ0) is 17.7. The molecule has 0 atom stereocenters. The van der Waals surface area contributed by atoms with Gasteiger partial charge in [-0.3, -0.25) is 9.59 Å². The minimum Gasteiger partial charge on any atom is -0.353 e. The smallest absolute Gasteiger partial charge is 0.220 e. The van der Waals surface area contributed by atoms with E-state index in [9.17, 15) is 18.0 Å². The van der Waals surface area contributed by atoms with E-state index in [1.165, 1.54) is 10.6 Å². The number of nitrogens with zero attached hydrogens (tertiary/aromatic N) is 1. The van der Waals surface area contributed by atoms with Crippen LogP contribution in [0.2, 0.25) is 0 Å². The highest BCUT2D eigenvalue weighted by atomic mass is 32.2. The highest BCUT2D eigenvalue weighted by molar-refractivity contribution is 7.88. The first-order valence-electron chi connectivity index (χ1n) is 8.10. The molecule has 1 aromatic carbocycles. The fraction of sp³-hybridized carbons (Fsp3) is 0.529. The third-order valence-electron chi connectivity index (χ3n) is 4.24. The average molecular weight is 352 g/mol. The summed E-state index contributed by atoms with van der Waals surface area (Å²) in [6.07, 6.45) is 2.73. The quantitative estimate of drug-likeness (QED) is 0.787. The molecular weight excluding hydrogens is 328 g/mol. The molecule has 24 heavy (non-hydrogen) atoms. The lowest BCUT2D eigenvalue weighted by Crippen LogP contribution is -2.46. The van der Waals surface area contributed by atoms with Gasteiger partial charge in [0.2, 0.25) is 15.9 Å². The first-order chi connectivity index (χ1) is 11.3. The van der Waals surface area contributed by atoms with Crippen molar-refractivity contribution in [3.8, 4) is 0 Å². The molecule has 1 amide bonds. The molecule has 1 saturated heterocycles. The molecule has 1 aliphatic rings. The van der Waals surface area contributed by atoms with Gasteiger partial charge in [-0.1, -0.05) is 29.8 Å². The van der Waals surface area contributed by atoms with Crippen LogP contribution in [-0.4, -0.2) is 49.8 Å². The Morgan fingerprint density at radius 2 is 1.71 bits per heavy atom. The molecule has 1 N–H and O–H groups in total. The van der Waals surface area contributed by atoms with Gasteiger partial charge < -0.3 is 5.32 Å². The highest BCUT2D eigenvalue weighted by Crippen LogP contribution is 2.14. The normalized spacial score (nSPS) is 16.8. The van der Waals surface area contributed by atoms with Gasteiger partial charge in [0.1, 0.15) is 0 Å². The number of benzene rings is 1. The van der Waals surface area contributed by atoms with Gasteiger partial charge in [0.05, 0.1) is 6.26 Å². The van der Waals surface area contributed by atoms with E-state index < -0.39 is 10.0 Å². The van der Waals surface area contributed by atoms with Crippen molar-refractivity contribution >= 4 is 21.7 Å². The SMILES string of the molecule is Cc1ccc(C(=O)CCC(=O)NC2CCN(S(C)(=O)=O)CC2)cc1. The number of piperidine rings is 1. The molecule has 0 radical (unpaired) electrons. The molecule has 1 aromatic rings. The van der Waals surface area contributed by atoms with E-state index in [1.807, 2.05) is 19.1 Å². The minimum atomic E-state index is -3.16. The van der Waals surface area contributed by atoms with Gasteiger partial charge in [-0.25, -0.2) is 12.7 Å². The Kier molecular flexibility index (Phi) is 6.12. The maximum absolute atomic E-state index is 12.1. The third kappa shape index (κ3) is 5.42. The van der Waals surface area contributed by atoms with E-state index in [0.29, 0.717) is 31.5 Å². The zero-order valence-corrected chi connectivity index (χ0v) is 14.9. The molecule has 7 heteroatoms. The lowest BCUT2D eigenvalue weighted by atomic mass is 10.0. The van der Waals surface area contributed by atoms with Crippen molar-refractivity contribution in [3.05, 3.63) is 35.4 Å². The molecule has 1 aliphatic heterocycles. The van der Waals surface area contributed by atoms with E-state index in [2.05, 4.69) is 5.32 Å². The van der Waals surface area contributed by atoms with Gasteiger partial charge in [0.25, 0.3) is 0 Å². The van der Waals surface area contributed by atoms with Crippen LogP contribution in [0.1, 0.15) is 41.6 Å². The van der Waals surface area contributed by atoms with Crippen molar-refractivity contribution < 1.29 is 18.0 Å². The molecule has 0 saturated carbocycles. The van der Waals surface area contributed by atoms with Crippen molar-refractivity contribution in [1.29, 1.82) is 0 Å². The highest BCUT2D eigenvalue weighted by Gasteiger charge is 2.25. The summed E-state index contributed by atoms with van der Waals surface area (Å²) in [5.74, 6) is -0.203. The molecule has 6 nitrogen and oxygen atoms in total. The van der Waals surface area contributed by atoms with E-state index >= 15 is 0 Å². The van der Waals surface area contributed by atoms with Crippen molar-refractivity contribution in [2.24, 2.45) is 0 Å². The zero-order valence-electron chi connectivity index (χ0n) is 14.1. The van der Waals surface area contributed by atoms with Crippen LogP contribution in [0.25, 0.3) is 0 Å². The summed E-state index contributed by atoms with van der Waals surface area (Å²) in [5, 5.41) is 2.89. The van der Waals surface area contributed by atoms with Crippen molar-refractivity contribution in [3.63, 3.8) is 0 Å². The van der Waals surface area contributed by atoms with Crippen LogP contribution in [0.4, 0.5) is 0 Å². The number of carbonyl (C=O) groups is 2. The molecule has 1 heterocycles. The van der Waals surface area contributed by atoms with Crippen LogP contribution in [0.3, 0.4) is 0 Å². The van der Waals surface area contributed by atoms with Gasteiger partial charge in [0.15, 0.2) is 5.78 Å². The second-order valence-corrected chi connectivity index (χ2v) is 8.28. The summed E-state index contributed by atoms with van der Waals surface area (Å²) in [6.45, 7) is 2.80. The molecular formula is C17H24N2O4S. The fourth-order valence-electron chi connectivity index (χ4n) is 2.74. The van der Waals surface area contributed by atoms with Crippen LogP contribution in [0.5, 0.6) is 0 Å². The van der Waals surface area contributed by atoms with Crippen LogP contribution < -0.4 is 5.32 Å². The molecule has 0 aromatic heterocycles. The second kappa shape index (κ2) is 7.90. The Morgan fingerprint density at radius 1 is 1.12 bits per heavy atom. The summed E-state index contributed by atoms with van der Waals surface area (Å²) in [6, 6.07) is 7.28. The summed E-state index contributed by atoms with van der Waals surface area (Å²) in [5.41, 5.74) is 1.71. The number of rotatable bonds is 6. The number of sulfonamides is 1. The Labute approximate surface area is 143 Å². The Morgan fingerprint density at radius 3 is 2.25 bits per heavy atom. The summed E-state index contributed by atoms with van der Waals surface area (Å²) in [7, 11) is -3.16. The third-order valence-corrected chi connectivity index (χ3v) is 5.54. The van der Waals surface area contributed by atoms with Crippen LogP contribution >= 0.6 is 0 Å². The number of aryl methyl sites for hydroxylation is 1. The number of amides is 1. The molecule has 2 rings (SSSR count). The molecule has 132 valence electrons. The topological polar surface area (TPSA) is 83.6 Å². The summed E-state index contributed by atoms with van der Waals surface area (Å²) < 4.78 is 24.3. The van der Waals surface area contributed by atoms with Crippen LogP contribution in [0.15, 0.2) is 24.3 Å². The molecule has 1 fully saturated rings. The molecule has 0 aliphatic carbocycles. The van der Waals surface area contributed by atoms with Gasteiger partial charge >= 0.3 is 0 Å². The predicted molar refractivity (Wildman–Crippen MR) is 92.3 cm³/mol. The maximum Gasteiger partial charge on any atom is 0.220 e. The van der Waals surface area contributed by atoms with Gasteiger partial charge in [-0.05, 0) is 19.8 Å². The van der Waals surface area contributed by atoms with Crippen LogP contribution in [-0.2, 0) is 14.8 Å². The van der Waals surface area contributed by atoms with E-state index in [1.54, 1.807) is 12.1 Å². The van der Waals surface area contributed by atoms with E-state index in [-0.39, 0.29) is 30.6 Å². The lowest BCUT2D eigenvalue weighted by Gasteiger charge is -2.30. The van der Waals surface area contributed by atoms with Gasteiger partial charge in [-0.2, -0.15) is 0 Å². The number of ketones is 1. The van der Waals surface area contributed by atoms with E-state index in [0.717, 1.165) is 5.56 Å². The monoisotopic (exact) mass is 352 g/mol. The number of hydrogen-bond donors (Lipinski definition) is 1. The molecule has 0 bridgehead atoms. The number of nitrogens with one attached hydrogen (secondary N) is 1. The summed E-state index contributed by atoms with van der Waals surface area (Å²) in [4.78, 5) is 24.0. The lowest BCUT2D eigenvalue weighted by molar-refractivity contribution is -0.122. The molecule has 0 unspecified atom stereocenters. The first kappa shape index (κ1) is 18.6. The van der Waals surface area contributed by atoms with Gasteiger partial charge in [-0.15, -0.1) is 0 Å². The van der Waals surface area contributed by atoms with Gasteiger partial charge in [0, 0.05) is 37.5 Å². The fourth-order valence-corrected chi connectivity index (χ4v) is 3.62. The van der Waals surface area contributed by atoms with Crippen molar-refractivity contribution in [2.45, 2.75) is 38.6 Å². The van der Waals surface area contributed by atoms with E-state index in [4.69, 9.17) is 0 Å². The Balaban J connectivity index is 1.74. The largest absolute Gasteiger partial charge is 0.353 e. The maximum atomic E-state index is 12.1. The second-order valence-electron chi connectivity index (χ2n) is 6.29. The standard InChI is InChI=1S/C17H24N2O4S/c1-13-3-5-14(6-4-13)16(20)7-8-17(21)18-15-9-11-19(12-10-15)24(2,22)23/h3-6,15H,7-12H2,1-2H3,(H,18,21). The minimum absolute atomic E-state index is 0.0232. The first-order valence-corrected chi connectivity index (χ1v) is 9.95. The Hall–Kier alpha value is -1.73. The van der Waals surface area contributed by atoms with Crippen molar-refractivity contribution in [1.82, 2.24) is 9.62 Å². The molecule has 0 spiro atoms. The predicted octanol–water partition coefficient (Wildman–Crippen LogP) is 1.50. The van der Waals surface area contributed by atoms with Crippen LogP contribution in [0, 0.1) is 6.92 Å². The average Bonchev–Trinajstić information content (AvgIpc) is 2.53. The van der Waals surface area contributed by atoms with Crippen molar-refractivity contribution in [2.75, 3.05) is 19.3 Å². The summed E-state index contributed by atoms with van der Waals surface area (Å²) >= 11 is 0. The Bertz CT molecular complexity index is 690. The number of carbonyl (C=O) groups excluding carboxylic acids is 2.